The zero-order valence-electron chi connectivity index (χ0n) is 16.4. The van der Waals surface area contributed by atoms with E-state index in [1.807, 2.05) is 0 Å². The summed E-state index contributed by atoms with van der Waals surface area (Å²) in [6.45, 7) is 4.38. The minimum Gasteiger partial charge on any atom is -0.480 e. The number of carbonyl (C=O) groups excluding carboxylic acids is 3. The van der Waals surface area contributed by atoms with Crippen LogP contribution in [0.15, 0.2) is 36.2 Å². The van der Waals surface area contributed by atoms with E-state index < -0.39 is 47.9 Å². The van der Waals surface area contributed by atoms with E-state index in [9.17, 15) is 28.7 Å². The van der Waals surface area contributed by atoms with Crippen LogP contribution in [0.5, 0.6) is 0 Å². The van der Waals surface area contributed by atoms with Crippen molar-refractivity contribution >= 4 is 23.9 Å². The van der Waals surface area contributed by atoms with Gasteiger partial charge in [0.15, 0.2) is 0 Å². The van der Waals surface area contributed by atoms with Crippen LogP contribution in [0.25, 0.3) is 0 Å². The Morgan fingerprint density at radius 3 is 2.24 bits per heavy atom. The van der Waals surface area contributed by atoms with E-state index in [4.69, 9.17) is 4.74 Å². The van der Waals surface area contributed by atoms with Crippen molar-refractivity contribution in [3.8, 4) is 0 Å². The highest BCUT2D eigenvalue weighted by molar-refractivity contribution is 6.21. The average Bonchev–Trinajstić information content (AvgIpc) is 2.84. The molecule has 0 saturated heterocycles. The van der Waals surface area contributed by atoms with Crippen molar-refractivity contribution in [2.45, 2.75) is 45.3 Å². The maximum atomic E-state index is 14.2. The van der Waals surface area contributed by atoms with Crippen LogP contribution in [-0.4, -0.2) is 52.1 Å². The number of allylic oxidation sites excluding steroid dienone is 1. The molecule has 1 aliphatic rings. The molecule has 0 radical (unpaired) electrons. The van der Waals surface area contributed by atoms with E-state index in [1.54, 1.807) is 32.9 Å². The van der Waals surface area contributed by atoms with Gasteiger partial charge in [0.25, 0.3) is 11.8 Å². The van der Waals surface area contributed by atoms with Crippen LogP contribution in [0, 0.1) is 0 Å². The van der Waals surface area contributed by atoms with Gasteiger partial charge in [-0.2, -0.15) is 0 Å². The summed E-state index contributed by atoms with van der Waals surface area (Å²) in [7, 11) is 0. The van der Waals surface area contributed by atoms with Crippen LogP contribution in [0.1, 0.15) is 54.3 Å². The number of aliphatic carboxylic acids is 1. The van der Waals surface area contributed by atoms with Gasteiger partial charge in [0, 0.05) is 0 Å². The topological polar surface area (TPSA) is 113 Å². The predicted octanol–water partition coefficient (Wildman–Crippen LogP) is 2.89. The highest BCUT2D eigenvalue weighted by Gasteiger charge is 2.35. The molecule has 1 aliphatic heterocycles. The molecule has 3 amide bonds. The number of carboxylic acid groups (broad SMARTS) is 1. The van der Waals surface area contributed by atoms with Crippen LogP contribution in [0.4, 0.5) is 9.18 Å². The van der Waals surface area contributed by atoms with Gasteiger partial charge in [-0.25, -0.2) is 14.0 Å². The van der Waals surface area contributed by atoms with Gasteiger partial charge in [-0.05, 0) is 45.7 Å². The van der Waals surface area contributed by atoms with Crippen molar-refractivity contribution in [3.63, 3.8) is 0 Å². The lowest BCUT2D eigenvalue weighted by molar-refractivity contribution is -0.139. The fourth-order valence-corrected chi connectivity index (χ4v) is 2.71. The third kappa shape index (κ3) is 5.87. The highest BCUT2D eigenvalue weighted by atomic mass is 19.1. The van der Waals surface area contributed by atoms with Gasteiger partial charge in [-0.3, -0.25) is 14.5 Å². The molecule has 1 aromatic carbocycles. The minimum absolute atomic E-state index is 0.0260. The zero-order valence-corrected chi connectivity index (χ0v) is 16.4. The van der Waals surface area contributed by atoms with Gasteiger partial charge in [-0.1, -0.05) is 18.2 Å². The molecule has 1 heterocycles. The first-order valence-electron chi connectivity index (χ1n) is 9.01. The molecular formula is C20H23FN2O6. The Kier molecular flexibility index (Phi) is 6.73. The van der Waals surface area contributed by atoms with E-state index in [0.29, 0.717) is 0 Å². The standard InChI is InChI=1S/C20H23FN2O6/c1-20(2,3)29-19(28)22-15(18(26)27)10-6-7-12(21)11-23-16(24)13-8-4-5-9-14(13)17(23)25/h4-5,7-9,15H,6,10-11H2,1-3H3,(H,22,28)(H,26,27)/b12-7-. The molecule has 9 heteroatoms. The first-order valence-corrected chi connectivity index (χ1v) is 9.01. The van der Waals surface area contributed by atoms with Crippen molar-refractivity contribution in [2.24, 2.45) is 0 Å². The summed E-state index contributed by atoms with van der Waals surface area (Å²) in [6, 6.07) is 4.95. The number of halogens is 1. The van der Waals surface area contributed by atoms with Crippen LogP contribution in [-0.2, 0) is 9.53 Å². The Morgan fingerprint density at radius 2 is 1.76 bits per heavy atom. The SMILES string of the molecule is CC(C)(C)OC(=O)NC(CC/C=C(\F)CN1C(=O)c2ccccc2C1=O)C(=O)O. The summed E-state index contributed by atoms with van der Waals surface area (Å²) in [4.78, 5) is 48.2. The fourth-order valence-electron chi connectivity index (χ4n) is 2.71. The molecule has 0 aliphatic carbocycles. The summed E-state index contributed by atoms with van der Waals surface area (Å²) in [5, 5.41) is 11.4. The fraction of sp³-hybridized carbons (Fsp3) is 0.400. The van der Waals surface area contributed by atoms with E-state index in [1.165, 1.54) is 12.1 Å². The van der Waals surface area contributed by atoms with Gasteiger partial charge in [0.05, 0.1) is 17.7 Å². The molecule has 1 unspecified atom stereocenters. The summed E-state index contributed by atoms with van der Waals surface area (Å²) in [5.41, 5.74) is -0.346. The second kappa shape index (κ2) is 8.85. The third-order valence-electron chi connectivity index (χ3n) is 4.00. The Balaban J connectivity index is 1.92. The minimum atomic E-state index is -1.29. The number of nitrogens with one attached hydrogen (secondary N) is 1. The molecule has 2 rings (SSSR count). The van der Waals surface area contributed by atoms with Gasteiger partial charge >= 0.3 is 12.1 Å². The van der Waals surface area contributed by atoms with Crippen molar-refractivity contribution in [1.29, 1.82) is 0 Å². The second-order valence-corrected chi connectivity index (χ2v) is 7.51. The first-order chi connectivity index (χ1) is 13.5. The molecule has 29 heavy (non-hydrogen) atoms. The quantitative estimate of drug-likeness (QED) is 0.673. The lowest BCUT2D eigenvalue weighted by Crippen LogP contribution is -2.43. The molecular weight excluding hydrogens is 383 g/mol. The number of alkyl carbamates (subject to hydrolysis) is 1. The average molecular weight is 406 g/mol. The van der Waals surface area contributed by atoms with Gasteiger partial charge in [0.1, 0.15) is 17.5 Å². The van der Waals surface area contributed by atoms with E-state index in [2.05, 4.69) is 5.32 Å². The first kappa shape index (κ1) is 22.1. The molecule has 2 N–H and O–H groups in total. The van der Waals surface area contributed by atoms with Crippen LogP contribution in [0.3, 0.4) is 0 Å². The number of amides is 3. The Bertz CT molecular complexity index is 824. The molecule has 0 saturated carbocycles. The van der Waals surface area contributed by atoms with Crippen molar-refractivity contribution in [2.75, 3.05) is 6.54 Å². The lowest BCUT2D eigenvalue weighted by atomic mass is 10.1. The number of nitrogens with zero attached hydrogens (tertiary/aromatic N) is 1. The summed E-state index contributed by atoms with van der Waals surface area (Å²) < 4.78 is 19.2. The number of hydrogen-bond acceptors (Lipinski definition) is 5. The summed E-state index contributed by atoms with van der Waals surface area (Å²) >= 11 is 0. The number of fused-ring (bicyclic) bond motifs is 1. The highest BCUT2D eigenvalue weighted by Crippen LogP contribution is 2.23. The van der Waals surface area contributed by atoms with Crippen molar-refractivity contribution in [1.82, 2.24) is 10.2 Å². The zero-order chi connectivity index (χ0) is 21.8. The van der Waals surface area contributed by atoms with E-state index in [0.717, 1.165) is 11.0 Å². The van der Waals surface area contributed by atoms with Crippen LogP contribution < -0.4 is 5.32 Å². The Morgan fingerprint density at radius 1 is 1.21 bits per heavy atom. The Hall–Kier alpha value is -3.23. The number of hydrogen-bond donors (Lipinski definition) is 2. The molecule has 0 aromatic heterocycles. The molecule has 156 valence electrons. The second-order valence-electron chi connectivity index (χ2n) is 7.51. The molecule has 0 fully saturated rings. The van der Waals surface area contributed by atoms with Crippen molar-refractivity contribution < 1.29 is 33.4 Å². The monoisotopic (exact) mass is 406 g/mol. The number of ether oxygens (including phenoxy) is 1. The van der Waals surface area contributed by atoms with E-state index in [-0.39, 0.29) is 24.0 Å². The molecule has 8 nitrogen and oxygen atoms in total. The number of rotatable bonds is 7. The largest absolute Gasteiger partial charge is 0.480 e. The van der Waals surface area contributed by atoms with Gasteiger partial charge in [0.2, 0.25) is 0 Å². The predicted molar refractivity (Wildman–Crippen MR) is 101 cm³/mol. The van der Waals surface area contributed by atoms with E-state index >= 15 is 0 Å². The third-order valence-corrected chi connectivity index (χ3v) is 4.00. The number of imide groups is 1. The van der Waals surface area contributed by atoms with Gasteiger partial charge < -0.3 is 15.2 Å². The van der Waals surface area contributed by atoms with Crippen LogP contribution in [0.2, 0.25) is 0 Å². The van der Waals surface area contributed by atoms with Crippen LogP contribution >= 0.6 is 0 Å². The summed E-state index contributed by atoms with van der Waals surface area (Å²) in [6.07, 6.45) is 0.0858. The Labute approximate surface area is 167 Å². The number of benzene rings is 1. The number of carbonyl (C=O) groups is 4. The molecule has 0 bridgehead atoms. The smallest absolute Gasteiger partial charge is 0.408 e. The summed E-state index contributed by atoms with van der Waals surface area (Å²) in [5.74, 6) is -3.20. The normalized spacial score (nSPS) is 15.2. The molecule has 1 aromatic rings. The maximum Gasteiger partial charge on any atom is 0.408 e. The molecule has 0 spiro atoms. The number of carboxylic acids is 1. The lowest BCUT2D eigenvalue weighted by Gasteiger charge is -2.21. The van der Waals surface area contributed by atoms with Gasteiger partial charge in [-0.15, -0.1) is 0 Å². The van der Waals surface area contributed by atoms with Crippen molar-refractivity contribution in [3.05, 3.63) is 47.3 Å². The molecule has 1 atom stereocenters. The maximum absolute atomic E-state index is 14.2.